The van der Waals surface area contributed by atoms with E-state index >= 15 is 0 Å². The minimum Gasteiger partial charge on any atom is -0.468 e. The third kappa shape index (κ3) is 4.38. The molecule has 0 fully saturated rings. The number of furan rings is 1. The number of hydrogen-bond donors (Lipinski definition) is 2. The molecule has 0 aliphatic carbocycles. The number of amides is 2. The van der Waals surface area contributed by atoms with Gasteiger partial charge in [0, 0.05) is 18.3 Å². The van der Waals surface area contributed by atoms with Crippen molar-refractivity contribution in [3.8, 4) is 0 Å². The van der Waals surface area contributed by atoms with Crippen LogP contribution in [0.25, 0.3) is 11.0 Å². The van der Waals surface area contributed by atoms with Gasteiger partial charge in [0.1, 0.15) is 11.3 Å². The lowest BCUT2D eigenvalue weighted by Gasteiger charge is -2.28. The molecule has 7 heteroatoms. The minimum atomic E-state index is -0.349. The number of hydrogen-bond acceptors (Lipinski definition) is 5. The Morgan fingerprint density at radius 1 is 1.11 bits per heavy atom. The maximum absolute atomic E-state index is 12.3. The smallest absolute Gasteiger partial charge is 0.319 e. The SMILES string of the molecule is CCN(CC)[C@@H](CNC(=O)Nc1ccc2occc(=O)c2c1)c1ccco1. The number of anilines is 1. The fourth-order valence-corrected chi connectivity index (χ4v) is 3.08. The Balaban J connectivity index is 1.68. The normalized spacial score (nSPS) is 12.3. The molecule has 2 amide bonds. The van der Waals surface area contributed by atoms with Gasteiger partial charge < -0.3 is 19.5 Å². The fraction of sp³-hybridized carbons (Fsp3) is 0.300. The molecule has 2 aromatic heterocycles. The second-order valence-electron chi connectivity index (χ2n) is 6.08. The lowest BCUT2D eigenvalue weighted by Crippen LogP contribution is -2.39. The van der Waals surface area contributed by atoms with Crippen molar-refractivity contribution >= 4 is 22.7 Å². The number of carbonyl (C=O) groups is 1. The molecular weight excluding hydrogens is 346 g/mol. The van der Waals surface area contributed by atoms with Gasteiger partial charge in [0.2, 0.25) is 0 Å². The van der Waals surface area contributed by atoms with Gasteiger partial charge in [-0.2, -0.15) is 0 Å². The highest BCUT2D eigenvalue weighted by Gasteiger charge is 2.21. The Morgan fingerprint density at radius 3 is 2.63 bits per heavy atom. The molecule has 142 valence electrons. The van der Waals surface area contributed by atoms with Crippen molar-refractivity contribution in [3.05, 3.63) is 64.9 Å². The molecule has 7 nitrogen and oxygen atoms in total. The molecule has 3 rings (SSSR count). The Kier molecular flexibility index (Phi) is 5.93. The highest BCUT2D eigenvalue weighted by molar-refractivity contribution is 5.92. The largest absolute Gasteiger partial charge is 0.468 e. The van der Waals surface area contributed by atoms with Crippen molar-refractivity contribution < 1.29 is 13.6 Å². The van der Waals surface area contributed by atoms with E-state index in [2.05, 4.69) is 29.4 Å². The van der Waals surface area contributed by atoms with Gasteiger partial charge in [-0.15, -0.1) is 0 Å². The third-order valence-corrected chi connectivity index (χ3v) is 4.50. The van der Waals surface area contributed by atoms with Gasteiger partial charge >= 0.3 is 6.03 Å². The van der Waals surface area contributed by atoms with Crippen LogP contribution in [-0.2, 0) is 0 Å². The van der Waals surface area contributed by atoms with E-state index in [4.69, 9.17) is 8.83 Å². The topological polar surface area (TPSA) is 87.7 Å². The molecule has 2 N–H and O–H groups in total. The molecule has 0 aliphatic rings. The first-order chi connectivity index (χ1) is 13.1. The second kappa shape index (κ2) is 8.55. The molecule has 0 unspecified atom stereocenters. The van der Waals surface area contributed by atoms with E-state index in [9.17, 15) is 9.59 Å². The van der Waals surface area contributed by atoms with Crippen molar-refractivity contribution in [2.24, 2.45) is 0 Å². The number of urea groups is 1. The summed E-state index contributed by atoms with van der Waals surface area (Å²) < 4.78 is 10.8. The van der Waals surface area contributed by atoms with Gasteiger partial charge in [-0.25, -0.2) is 4.79 Å². The minimum absolute atomic E-state index is 0.0515. The van der Waals surface area contributed by atoms with Crippen molar-refractivity contribution in [2.75, 3.05) is 25.0 Å². The zero-order chi connectivity index (χ0) is 19.2. The molecule has 3 aromatic rings. The molecule has 0 aliphatic heterocycles. The number of benzene rings is 1. The van der Waals surface area contributed by atoms with E-state index in [-0.39, 0.29) is 17.5 Å². The maximum Gasteiger partial charge on any atom is 0.319 e. The average Bonchev–Trinajstić information content (AvgIpc) is 3.20. The summed E-state index contributed by atoms with van der Waals surface area (Å²) in [5.41, 5.74) is 0.850. The highest BCUT2D eigenvalue weighted by atomic mass is 16.3. The number of fused-ring (bicyclic) bond motifs is 1. The van der Waals surface area contributed by atoms with E-state index < -0.39 is 0 Å². The zero-order valence-electron chi connectivity index (χ0n) is 15.4. The van der Waals surface area contributed by atoms with E-state index in [0.29, 0.717) is 23.2 Å². The van der Waals surface area contributed by atoms with Gasteiger partial charge in [0.15, 0.2) is 5.43 Å². The van der Waals surface area contributed by atoms with Crippen molar-refractivity contribution in [3.63, 3.8) is 0 Å². The predicted octanol–water partition coefficient (Wildman–Crippen LogP) is 3.59. The second-order valence-corrected chi connectivity index (χ2v) is 6.08. The van der Waals surface area contributed by atoms with Crippen molar-refractivity contribution in [1.82, 2.24) is 10.2 Å². The highest BCUT2D eigenvalue weighted by Crippen LogP contribution is 2.20. The molecule has 2 heterocycles. The van der Waals surface area contributed by atoms with Crippen LogP contribution in [0.3, 0.4) is 0 Å². The van der Waals surface area contributed by atoms with Gasteiger partial charge in [-0.3, -0.25) is 9.69 Å². The molecule has 0 saturated carbocycles. The average molecular weight is 369 g/mol. The van der Waals surface area contributed by atoms with Crippen LogP contribution in [0.2, 0.25) is 0 Å². The molecule has 0 bridgehead atoms. The fourth-order valence-electron chi connectivity index (χ4n) is 3.08. The summed E-state index contributed by atoms with van der Waals surface area (Å²) in [4.78, 5) is 26.4. The van der Waals surface area contributed by atoms with Gasteiger partial charge in [0.25, 0.3) is 0 Å². The van der Waals surface area contributed by atoms with E-state index in [1.807, 2.05) is 12.1 Å². The number of nitrogens with one attached hydrogen (secondary N) is 2. The van der Waals surface area contributed by atoms with Gasteiger partial charge in [-0.1, -0.05) is 13.8 Å². The summed E-state index contributed by atoms with van der Waals surface area (Å²) >= 11 is 0. The van der Waals surface area contributed by atoms with Crippen LogP contribution < -0.4 is 16.1 Å². The summed E-state index contributed by atoms with van der Waals surface area (Å²) in [6.07, 6.45) is 2.99. The number of rotatable bonds is 7. The van der Waals surface area contributed by atoms with E-state index in [1.54, 1.807) is 24.5 Å². The summed E-state index contributed by atoms with van der Waals surface area (Å²) in [6, 6.07) is 9.66. The monoisotopic (exact) mass is 369 g/mol. The Morgan fingerprint density at radius 2 is 1.93 bits per heavy atom. The quantitative estimate of drug-likeness (QED) is 0.664. The van der Waals surface area contributed by atoms with Crippen LogP contribution in [-0.4, -0.2) is 30.6 Å². The lowest BCUT2D eigenvalue weighted by atomic mass is 10.2. The van der Waals surface area contributed by atoms with Crippen LogP contribution >= 0.6 is 0 Å². The Labute approximate surface area is 157 Å². The molecule has 27 heavy (non-hydrogen) atoms. The summed E-state index contributed by atoms with van der Waals surface area (Å²) in [7, 11) is 0. The van der Waals surface area contributed by atoms with Crippen LogP contribution in [0.15, 0.2) is 62.6 Å². The van der Waals surface area contributed by atoms with Crippen LogP contribution in [0.5, 0.6) is 0 Å². The van der Waals surface area contributed by atoms with Crippen molar-refractivity contribution in [1.29, 1.82) is 0 Å². The number of likely N-dealkylation sites (N-methyl/N-ethyl adjacent to an activating group) is 1. The molecule has 0 saturated heterocycles. The number of nitrogens with zero attached hydrogens (tertiary/aromatic N) is 1. The third-order valence-electron chi connectivity index (χ3n) is 4.50. The van der Waals surface area contributed by atoms with Crippen molar-refractivity contribution in [2.45, 2.75) is 19.9 Å². The standard InChI is InChI=1S/C20H23N3O4/c1-3-23(4-2)16(19-6-5-10-26-19)13-21-20(25)22-14-7-8-18-15(12-14)17(24)9-11-27-18/h5-12,16H,3-4,13H2,1-2H3,(H2,21,22,25)/t16-/m0/s1. The molecule has 0 spiro atoms. The first kappa shape index (κ1) is 18.7. The molecular formula is C20H23N3O4. The van der Waals surface area contributed by atoms with E-state index in [0.717, 1.165) is 18.8 Å². The molecule has 1 aromatic carbocycles. The first-order valence-electron chi connectivity index (χ1n) is 8.96. The van der Waals surface area contributed by atoms with E-state index in [1.165, 1.54) is 12.3 Å². The molecule has 0 radical (unpaired) electrons. The van der Waals surface area contributed by atoms with Crippen LogP contribution in [0.4, 0.5) is 10.5 Å². The zero-order valence-corrected chi connectivity index (χ0v) is 15.4. The first-order valence-corrected chi connectivity index (χ1v) is 8.96. The molecule has 1 atom stereocenters. The summed E-state index contributed by atoms with van der Waals surface area (Å²) in [5, 5.41) is 6.06. The maximum atomic E-state index is 12.3. The predicted molar refractivity (Wildman–Crippen MR) is 104 cm³/mol. The Bertz CT molecular complexity index is 945. The van der Waals surface area contributed by atoms with Crippen LogP contribution in [0, 0.1) is 0 Å². The lowest BCUT2D eigenvalue weighted by molar-refractivity contribution is 0.188. The van der Waals surface area contributed by atoms with Crippen LogP contribution in [0.1, 0.15) is 25.6 Å². The van der Waals surface area contributed by atoms with Gasteiger partial charge in [-0.05, 0) is 43.4 Å². The summed E-state index contributed by atoms with van der Waals surface area (Å²) in [5.74, 6) is 0.808. The van der Waals surface area contributed by atoms with Gasteiger partial charge in [0.05, 0.1) is 24.0 Å². The Hall–Kier alpha value is -3.06. The summed E-state index contributed by atoms with van der Waals surface area (Å²) in [6.45, 7) is 6.22. The number of carbonyl (C=O) groups excluding carboxylic acids is 1.